The van der Waals surface area contributed by atoms with Crippen LogP contribution in [0.3, 0.4) is 0 Å². The van der Waals surface area contributed by atoms with E-state index in [1.54, 1.807) is 0 Å². The van der Waals surface area contributed by atoms with Crippen molar-refractivity contribution >= 4 is 17.0 Å². The van der Waals surface area contributed by atoms with Gasteiger partial charge in [-0.15, -0.1) is 0 Å². The molecule has 1 N–H and O–H groups in total. The fourth-order valence-electron chi connectivity index (χ4n) is 2.80. The quantitative estimate of drug-likeness (QED) is 0.612. The summed E-state index contributed by atoms with van der Waals surface area (Å²) in [5, 5.41) is 3.40. The first-order valence-electron chi connectivity index (χ1n) is 7.97. The Kier molecular flexibility index (Phi) is 3.71. The molecule has 0 aliphatic carbocycles. The minimum Gasteiger partial charge on any atom is -0.352 e. The average Bonchev–Trinajstić information content (AvgIpc) is 2.97. The number of pyridine rings is 1. The van der Waals surface area contributed by atoms with Gasteiger partial charge in [-0.2, -0.15) is 0 Å². The lowest BCUT2D eigenvalue weighted by atomic mass is 10.1. The third-order valence-corrected chi connectivity index (χ3v) is 4.13. The first-order valence-corrected chi connectivity index (χ1v) is 7.97. The molecule has 0 atom stereocenters. The van der Waals surface area contributed by atoms with Crippen LogP contribution in [0, 0.1) is 0 Å². The third kappa shape index (κ3) is 2.74. The van der Waals surface area contributed by atoms with E-state index in [0.29, 0.717) is 0 Å². The number of hydrogen-bond donors (Lipinski definition) is 1. The van der Waals surface area contributed by atoms with Gasteiger partial charge in [-0.1, -0.05) is 60.7 Å². The zero-order valence-corrected chi connectivity index (χ0v) is 13.5. The molecular formula is C20H18N4. The molecule has 0 bridgehead atoms. The van der Waals surface area contributed by atoms with Gasteiger partial charge in [-0.3, -0.25) is 4.98 Å². The molecule has 118 valence electrons. The summed E-state index contributed by atoms with van der Waals surface area (Å²) in [6.07, 6.45) is 1.84. The second-order valence-electron chi connectivity index (χ2n) is 5.76. The molecule has 2 aromatic carbocycles. The molecule has 0 amide bonds. The van der Waals surface area contributed by atoms with Gasteiger partial charge in [0.2, 0.25) is 5.95 Å². The molecule has 4 rings (SSSR count). The van der Waals surface area contributed by atoms with E-state index >= 15 is 0 Å². The number of rotatable bonds is 4. The summed E-state index contributed by atoms with van der Waals surface area (Å²) in [5.74, 6) is 0.848. The highest BCUT2D eigenvalue weighted by Gasteiger charge is 2.09. The van der Waals surface area contributed by atoms with Crippen molar-refractivity contribution in [2.45, 2.75) is 6.54 Å². The summed E-state index contributed by atoms with van der Waals surface area (Å²) in [7, 11) is 2.03. The number of hydrogen-bond acceptors (Lipinski definition) is 3. The van der Waals surface area contributed by atoms with Gasteiger partial charge in [0.25, 0.3) is 0 Å². The van der Waals surface area contributed by atoms with Crippen LogP contribution < -0.4 is 5.32 Å². The van der Waals surface area contributed by atoms with Gasteiger partial charge in [0, 0.05) is 19.2 Å². The van der Waals surface area contributed by atoms with E-state index in [9.17, 15) is 0 Å². The maximum absolute atomic E-state index is 4.65. The standard InChI is InChI=1S/C20H18N4/c1-24-19-12-17(16-10-6-3-7-11-16)21-14-18(19)23-20(24)22-13-15-8-4-2-5-9-15/h2-12,14H,13H2,1H3,(H,22,23). The fraction of sp³-hybridized carbons (Fsp3) is 0.100. The Hall–Kier alpha value is -3.14. The van der Waals surface area contributed by atoms with Crippen LogP contribution in [0.25, 0.3) is 22.3 Å². The molecule has 0 radical (unpaired) electrons. The van der Waals surface area contributed by atoms with Crippen molar-refractivity contribution in [1.82, 2.24) is 14.5 Å². The van der Waals surface area contributed by atoms with E-state index in [2.05, 4.69) is 50.2 Å². The monoisotopic (exact) mass is 314 g/mol. The van der Waals surface area contributed by atoms with Crippen LogP contribution in [0.5, 0.6) is 0 Å². The van der Waals surface area contributed by atoms with Gasteiger partial charge in [0.15, 0.2) is 0 Å². The van der Waals surface area contributed by atoms with Gasteiger partial charge in [0.05, 0.1) is 17.4 Å². The van der Waals surface area contributed by atoms with Crippen LogP contribution in [0.4, 0.5) is 5.95 Å². The van der Waals surface area contributed by atoms with E-state index in [4.69, 9.17) is 0 Å². The second-order valence-corrected chi connectivity index (χ2v) is 5.76. The van der Waals surface area contributed by atoms with Gasteiger partial charge in [-0.25, -0.2) is 4.98 Å². The zero-order chi connectivity index (χ0) is 16.4. The average molecular weight is 314 g/mol. The molecule has 0 saturated carbocycles. The van der Waals surface area contributed by atoms with Crippen LogP contribution in [0.15, 0.2) is 72.9 Å². The number of benzene rings is 2. The van der Waals surface area contributed by atoms with Crippen LogP contribution in [0.1, 0.15) is 5.56 Å². The fourth-order valence-corrected chi connectivity index (χ4v) is 2.80. The third-order valence-electron chi connectivity index (χ3n) is 4.13. The Morgan fingerprint density at radius 3 is 2.42 bits per heavy atom. The first kappa shape index (κ1) is 14.5. The lowest BCUT2D eigenvalue weighted by molar-refractivity contribution is 0.927. The van der Waals surface area contributed by atoms with E-state index in [0.717, 1.165) is 34.8 Å². The Morgan fingerprint density at radius 2 is 1.67 bits per heavy atom. The number of aryl methyl sites for hydroxylation is 1. The van der Waals surface area contributed by atoms with Crippen molar-refractivity contribution in [2.24, 2.45) is 7.05 Å². The van der Waals surface area contributed by atoms with E-state index in [1.165, 1.54) is 5.56 Å². The highest BCUT2D eigenvalue weighted by Crippen LogP contribution is 2.23. The highest BCUT2D eigenvalue weighted by molar-refractivity contribution is 5.81. The number of nitrogens with one attached hydrogen (secondary N) is 1. The Balaban J connectivity index is 1.65. The van der Waals surface area contributed by atoms with Crippen molar-refractivity contribution in [1.29, 1.82) is 0 Å². The molecular weight excluding hydrogens is 296 g/mol. The SMILES string of the molecule is Cn1c(NCc2ccccc2)nc2cnc(-c3ccccc3)cc21. The Bertz CT molecular complexity index is 959. The largest absolute Gasteiger partial charge is 0.352 e. The predicted molar refractivity (Wildman–Crippen MR) is 97.7 cm³/mol. The molecule has 0 saturated heterocycles. The normalized spacial score (nSPS) is 10.9. The van der Waals surface area contributed by atoms with Crippen molar-refractivity contribution in [2.75, 3.05) is 5.32 Å². The summed E-state index contributed by atoms with van der Waals surface area (Å²) in [4.78, 5) is 9.20. The van der Waals surface area contributed by atoms with Crippen molar-refractivity contribution in [3.63, 3.8) is 0 Å². The minimum absolute atomic E-state index is 0.747. The molecule has 0 fully saturated rings. The van der Waals surface area contributed by atoms with Gasteiger partial charge < -0.3 is 9.88 Å². The summed E-state index contributed by atoms with van der Waals surface area (Å²) in [5.41, 5.74) is 5.26. The lowest BCUT2D eigenvalue weighted by Gasteiger charge is -2.06. The van der Waals surface area contributed by atoms with Crippen molar-refractivity contribution in [3.05, 3.63) is 78.5 Å². The molecule has 4 aromatic rings. The molecule has 0 unspecified atom stereocenters. The Labute approximate surface area is 140 Å². The topological polar surface area (TPSA) is 42.7 Å². The number of nitrogens with zero attached hydrogens (tertiary/aromatic N) is 3. The summed E-state index contributed by atoms with van der Waals surface area (Å²) >= 11 is 0. The van der Waals surface area contributed by atoms with Gasteiger partial charge >= 0.3 is 0 Å². The smallest absolute Gasteiger partial charge is 0.203 e. The molecule has 2 aromatic heterocycles. The highest BCUT2D eigenvalue weighted by atomic mass is 15.2. The summed E-state index contributed by atoms with van der Waals surface area (Å²) in [6, 6.07) is 22.6. The molecule has 2 heterocycles. The first-order chi connectivity index (χ1) is 11.8. The van der Waals surface area contributed by atoms with Crippen molar-refractivity contribution < 1.29 is 0 Å². The van der Waals surface area contributed by atoms with Crippen LogP contribution >= 0.6 is 0 Å². The maximum Gasteiger partial charge on any atom is 0.203 e. The molecule has 4 nitrogen and oxygen atoms in total. The van der Waals surface area contributed by atoms with Gasteiger partial charge in [-0.05, 0) is 11.6 Å². The number of imidazole rings is 1. The number of fused-ring (bicyclic) bond motifs is 1. The molecule has 0 aliphatic heterocycles. The van der Waals surface area contributed by atoms with Crippen molar-refractivity contribution in [3.8, 4) is 11.3 Å². The van der Waals surface area contributed by atoms with E-state index in [-0.39, 0.29) is 0 Å². The number of anilines is 1. The Morgan fingerprint density at radius 1 is 0.958 bits per heavy atom. The molecule has 0 aliphatic rings. The van der Waals surface area contributed by atoms with E-state index in [1.807, 2.05) is 49.6 Å². The lowest BCUT2D eigenvalue weighted by Crippen LogP contribution is -2.04. The van der Waals surface area contributed by atoms with E-state index < -0.39 is 0 Å². The maximum atomic E-state index is 4.65. The summed E-state index contributed by atoms with van der Waals surface area (Å²) < 4.78 is 2.08. The van der Waals surface area contributed by atoms with Gasteiger partial charge in [0.1, 0.15) is 5.52 Å². The minimum atomic E-state index is 0.747. The second kappa shape index (κ2) is 6.16. The van der Waals surface area contributed by atoms with Crippen LogP contribution in [-0.4, -0.2) is 14.5 Å². The summed E-state index contributed by atoms with van der Waals surface area (Å²) in [6.45, 7) is 0.747. The van der Waals surface area contributed by atoms with Crippen LogP contribution in [0.2, 0.25) is 0 Å². The molecule has 0 spiro atoms. The predicted octanol–water partition coefficient (Wildman–Crippen LogP) is 4.25. The van der Waals surface area contributed by atoms with Crippen LogP contribution in [-0.2, 0) is 13.6 Å². The number of aromatic nitrogens is 3. The molecule has 24 heavy (non-hydrogen) atoms. The zero-order valence-electron chi connectivity index (χ0n) is 13.5. The molecule has 4 heteroatoms.